The van der Waals surface area contributed by atoms with Crippen molar-refractivity contribution in [2.45, 2.75) is 39.0 Å². The second-order valence-corrected chi connectivity index (χ2v) is 9.37. The number of fused-ring (bicyclic) bond motifs is 1. The summed E-state index contributed by atoms with van der Waals surface area (Å²) in [6.45, 7) is 2.95. The lowest BCUT2D eigenvalue weighted by molar-refractivity contribution is 0.304. The number of hydrogen-bond donors (Lipinski definition) is 0. The molecule has 4 rings (SSSR count). The number of rotatable bonds is 12. The van der Waals surface area contributed by atoms with E-state index in [1.165, 1.54) is 41.5 Å². The molecule has 0 radical (unpaired) electrons. The molecular weight excluding hydrogens is 474 g/mol. The molecule has 0 atom stereocenters. The minimum Gasteiger partial charge on any atom is -0.494 e. The van der Waals surface area contributed by atoms with E-state index >= 15 is 0 Å². The van der Waals surface area contributed by atoms with Gasteiger partial charge in [-0.25, -0.2) is 0 Å². The maximum atomic E-state index is 12.9. The van der Waals surface area contributed by atoms with E-state index in [-0.39, 0.29) is 5.56 Å². The Morgan fingerprint density at radius 1 is 0.917 bits per heavy atom. The molecule has 4 aromatic rings. The van der Waals surface area contributed by atoms with Crippen LogP contribution in [0.1, 0.15) is 56.0 Å². The third kappa shape index (κ3) is 6.31. The molecule has 8 heteroatoms. The second-order valence-electron chi connectivity index (χ2n) is 8.36. The van der Waals surface area contributed by atoms with Crippen LogP contribution in [-0.4, -0.2) is 35.4 Å². The smallest absolute Gasteiger partial charge is 0.291 e. The molecule has 0 saturated carbocycles. The van der Waals surface area contributed by atoms with E-state index in [4.69, 9.17) is 14.2 Å². The molecule has 2 aromatic carbocycles. The van der Waals surface area contributed by atoms with Crippen LogP contribution >= 0.6 is 11.3 Å². The number of benzene rings is 2. The number of aromatic nitrogens is 3. The molecule has 0 N–H and O–H groups in total. The van der Waals surface area contributed by atoms with Crippen LogP contribution in [0.15, 0.2) is 47.3 Å². The lowest BCUT2D eigenvalue weighted by Crippen LogP contribution is -2.23. The quantitative estimate of drug-likeness (QED) is 0.245. The summed E-state index contributed by atoms with van der Waals surface area (Å²) in [4.78, 5) is 17.9. The molecule has 0 fully saturated rings. The Balaban J connectivity index is 1.42. The van der Waals surface area contributed by atoms with Gasteiger partial charge in [-0.3, -0.25) is 4.79 Å². The van der Waals surface area contributed by atoms with Crippen molar-refractivity contribution in [3.63, 3.8) is 0 Å². The number of ether oxygens (including phenoxy) is 3. The van der Waals surface area contributed by atoms with Gasteiger partial charge >= 0.3 is 0 Å². The maximum Gasteiger partial charge on any atom is 0.291 e. The van der Waals surface area contributed by atoms with E-state index in [2.05, 4.69) is 17.0 Å². The number of nitrogens with zero attached hydrogens (tertiary/aromatic N) is 3. The zero-order valence-electron chi connectivity index (χ0n) is 20.9. The van der Waals surface area contributed by atoms with Crippen LogP contribution in [0.4, 0.5) is 0 Å². The van der Waals surface area contributed by atoms with Crippen molar-refractivity contribution in [1.82, 2.24) is 14.6 Å². The van der Waals surface area contributed by atoms with Gasteiger partial charge < -0.3 is 14.2 Å². The highest BCUT2D eigenvalue weighted by Crippen LogP contribution is 2.28. The Labute approximate surface area is 214 Å². The fourth-order valence-corrected chi connectivity index (χ4v) is 4.67. The predicted molar refractivity (Wildman–Crippen MR) is 145 cm³/mol. The van der Waals surface area contributed by atoms with Gasteiger partial charge in [0.15, 0.2) is 17.3 Å². The van der Waals surface area contributed by atoms with Crippen LogP contribution in [0.5, 0.6) is 17.2 Å². The molecule has 0 spiro atoms. The summed E-state index contributed by atoms with van der Waals surface area (Å²) in [5.41, 5.74) is 1.66. The molecule has 7 nitrogen and oxygen atoms in total. The van der Waals surface area contributed by atoms with E-state index in [1.807, 2.05) is 54.6 Å². The number of methoxy groups -OCH3 is 2. The summed E-state index contributed by atoms with van der Waals surface area (Å²) in [6, 6.07) is 13.4. The Hall–Kier alpha value is -3.65. The van der Waals surface area contributed by atoms with Crippen LogP contribution in [0.2, 0.25) is 0 Å². The Morgan fingerprint density at radius 3 is 2.39 bits per heavy atom. The second kappa shape index (κ2) is 12.4. The van der Waals surface area contributed by atoms with Crippen LogP contribution in [-0.2, 0) is 0 Å². The average Bonchev–Trinajstić information content (AvgIpc) is 3.43. The molecular formula is C28H31N3O4S. The van der Waals surface area contributed by atoms with Crippen molar-refractivity contribution >= 4 is 34.5 Å². The fraction of sp³-hybridized carbons (Fsp3) is 0.321. The van der Waals surface area contributed by atoms with Gasteiger partial charge in [0.2, 0.25) is 4.96 Å². The third-order valence-electron chi connectivity index (χ3n) is 5.73. The Morgan fingerprint density at radius 2 is 1.67 bits per heavy atom. The lowest BCUT2D eigenvalue weighted by atomic mass is 10.2. The summed E-state index contributed by atoms with van der Waals surface area (Å²) in [6.07, 6.45) is 11.6. The van der Waals surface area contributed by atoms with Gasteiger partial charge in [0.05, 0.1) is 25.4 Å². The molecule has 0 bridgehead atoms. The molecule has 0 saturated heterocycles. The molecule has 0 unspecified atom stereocenters. The minimum atomic E-state index is -0.180. The first-order valence-electron chi connectivity index (χ1n) is 12.2. The number of hydrogen-bond acceptors (Lipinski definition) is 7. The maximum absolute atomic E-state index is 12.9. The van der Waals surface area contributed by atoms with Gasteiger partial charge in [0, 0.05) is 0 Å². The number of thiazole rings is 1. The molecule has 0 aliphatic rings. The molecule has 36 heavy (non-hydrogen) atoms. The first kappa shape index (κ1) is 25.4. The van der Waals surface area contributed by atoms with Crippen molar-refractivity contribution in [3.8, 4) is 17.2 Å². The van der Waals surface area contributed by atoms with Crippen molar-refractivity contribution < 1.29 is 14.2 Å². The van der Waals surface area contributed by atoms with E-state index in [9.17, 15) is 4.79 Å². The topological polar surface area (TPSA) is 74.9 Å². The molecule has 0 amide bonds. The summed E-state index contributed by atoms with van der Waals surface area (Å²) in [5, 5.41) is 4.36. The normalized spacial score (nSPS) is 12.0. The fourth-order valence-electron chi connectivity index (χ4n) is 3.75. The van der Waals surface area contributed by atoms with Gasteiger partial charge in [-0.15, -0.1) is 5.10 Å². The van der Waals surface area contributed by atoms with Gasteiger partial charge in [-0.05, 0) is 54.0 Å². The molecule has 2 aromatic heterocycles. The van der Waals surface area contributed by atoms with Crippen molar-refractivity contribution in [2.75, 3.05) is 20.8 Å². The third-order valence-corrected chi connectivity index (χ3v) is 6.68. The SMILES string of the molecule is CCCCCCCOc1ccc(/C=c2\sc3nc(/C=C/c4ccc(OC)c(OC)c4)nn3c2=O)cc1. The van der Waals surface area contributed by atoms with Gasteiger partial charge in [-0.2, -0.15) is 9.50 Å². The zero-order valence-corrected chi connectivity index (χ0v) is 21.7. The summed E-state index contributed by atoms with van der Waals surface area (Å²) in [5.74, 6) is 2.62. The highest BCUT2D eigenvalue weighted by Gasteiger charge is 2.09. The first-order valence-corrected chi connectivity index (χ1v) is 13.0. The summed E-state index contributed by atoms with van der Waals surface area (Å²) in [7, 11) is 3.20. The summed E-state index contributed by atoms with van der Waals surface area (Å²) < 4.78 is 18.4. The number of unbranched alkanes of at least 4 members (excludes halogenated alkanes) is 4. The van der Waals surface area contributed by atoms with Crippen molar-refractivity contribution in [1.29, 1.82) is 0 Å². The van der Waals surface area contributed by atoms with Crippen LogP contribution in [0, 0.1) is 0 Å². The van der Waals surface area contributed by atoms with E-state index < -0.39 is 0 Å². The largest absolute Gasteiger partial charge is 0.494 e. The van der Waals surface area contributed by atoms with Gasteiger partial charge in [0.1, 0.15) is 5.75 Å². The van der Waals surface area contributed by atoms with E-state index in [1.54, 1.807) is 20.3 Å². The van der Waals surface area contributed by atoms with Crippen molar-refractivity contribution in [3.05, 3.63) is 74.3 Å². The average molecular weight is 506 g/mol. The Bertz CT molecular complexity index is 1420. The van der Waals surface area contributed by atoms with Crippen LogP contribution in [0.3, 0.4) is 0 Å². The van der Waals surface area contributed by atoms with E-state index in [0.29, 0.717) is 26.8 Å². The highest BCUT2D eigenvalue weighted by atomic mass is 32.1. The Kier molecular flexibility index (Phi) is 8.73. The first-order chi connectivity index (χ1) is 17.6. The van der Waals surface area contributed by atoms with E-state index in [0.717, 1.165) is 29.9 Å². The molecule has 0 aliphatic carbocycles. The van der Waals surface area contributed by atoms with Gasteiger partial charge in [-0.1, -0.05) is 68.2 Å². The lowest BCUT2D eigenvalue weighted by Gasteiger charge is -2.07. The standard InChI is InChI=1S/C28H31N3O4S/c1-4-5-6-7-8-17-35-22-13-9-21(10-14-22)19-25-27(32)31-28(36-25)29-26(30-31)16-12-20-11-15-23(33-2)24(18-20)34-3/h9-16,18-19H,4-8,17H2,1-3H3/b16-12+,25-19-. The van der Waals surface area contributed by atoms with Crippen molar-refractivity contribution in [2.24, 2.45) is 0 Å². The van der Waals surface area contributed by atoms with Gasteiger partial charge in [0.25, 0.3) is 5.56 Å². The molecule has 2 heterocycles. The minimum absolute atomic E-state index is 0.180. The highest BCUT2D eigenvalue weighted by molar-refractivity contribution is 7.15. The summed E-state index contributed by atoms with van der Waals surface area (Å²) >= 11 is 1.32. The monoisotopic (exact) mass is 505 g/mol. The molecule has 188 valence electrons. The zero-order chi connectivity index (χ0) is 25.3. The van der Waals surface area contributed by atoms with Crippen LogP contribution < -0.4 is 24.3 Å². The van der Waals surface area contributed by atoms with Crippen LogP contribution in [0.25, 0.3) is 23.2 Å². The molecule has 0 aliphatic heterocycles. The predicted octanol–water partition coefficient (Wildman–Crippen LogP) is 5.24.